The molecule has 1 aromatic carbocycles. The van der Waals surface area contributed by atoms with Crippen LogP contribution in [-0.2, 0) is 0 Å². The molecule has 0 saturated heterocycles. The van der Waals surface area contributed by atoms with Crippen molar-refractivity contribution < 1.29 is 4.79 Å². The molecular weight excluding hydrogens is 226 g/mol. The highest BCUT2D eigenvalue weighted by Gasteiger charge is 2.11. The van der Waals surface area contributed by atoms with Crippen LogP contribution in [0.5, 0.6) is 0 Å². The number of pyridine rings is 1. The summed E-state index contributed by atoms with van der Waals surface area (Å²) in [6, 6.07) is 7.26. The molecule has 0 fully saturated rings. The van der Waals surface area contributed by atoms with Gasteiger partial charge in [0.25, 0.3) is 5.91 Å². The summed E-state index contributed by atoms with van der Waals surface area (Å²) in [6.07, 6.45) is 3.34. The Morgan fingerprint density at radius 3 is 2.78 bits per heavy atom. The molecule has 0 unspecified atom stereocenters. The van der Waals surface area contributed by atoms with Crippen LogP contribution in [-0.4, -0.2) is 10.9 Å². The van der Waals surface area contributed by atoms with E-state index in [0.29, 0.717) is 16.9 Å². The summed E-state index contributed by atoms with van der Waals surface area (Å²) in [5, 5.41) is 2.79. The molecule has 1 heterocycles. The van der Waals surface area contributed by atoms with Gasteiger partial charge < -0.3 is 11.1 Å². The molecule has 2 aromatic rings. The van der Waals surface area contributed by atoms with Crippen LogP contribution in [0, 0.1) is 13.8 Å². The van der Waals surface area contributed by atoms with Gasteiger partial charge in [0.1, 0.15) is 0 Å². The molecule has 2 rings (SSSR count). The topological polar surface area (TPSA) is 68.0 Å². The molecule has 1 aromatic heterocycles. The van der Waals surface area contributed by atoms with Gasteiger partial charge in [-0.3, -0.25) is 9.78 Å². The summed E-state index contributed by atoms with van der Waals surface area (Å²) in [4.78, 5) is 16.1. The molecule has 18 heavy (non-hydrogen) atoms. The number of benzene rings is 1. The summed E-state index contributed by atoms with van der Waals surface area (Å²) in [6.45, 7) is 3.80. The highest BCUT2D eigenvalue weighted by atomic mass is 16.1. The van der Waals surface area contributed by atoms with Crippen LogP contribution in [0.1, 0.15) is 21.5 Å². The number of nitrogens with zero attached hydrogens (tertiary/aromatic N) is 1. The van der Waals surface area contributed by atoms with Gasteiger partial charge in [0, 0.05) is 11.9 Å². The van der Waals surface area contributed by atoms with E-state index in [2.05, 4.69) is 10.3 Å². The van der Waals surface area contributed by atoms with Crippen molar-refractivity contribution in [2.45, 2.75) is 13.8 Å². The number of carbonyl (C=O) groups excluding carboxylic acids is 1. The molecule has 0 aliphatic rings. The van der Waals surface area contributed by atoms with E-state index in [1.165, 1.54) is 0 Å². The third-order valence-corrected chi connectivity index (χ3v) is 2.70. The Hall–Kier alpha value is -2.36. The predicted molar refractivity (Wildman–Crippen MR) is 72.5 cm³/mol. The monoisotopic (exact) mass is 241 g/mol. The van der Waals surface area contributed by atoms with Crippen molar-refractivity contribution in [3.05, 3.63) is 53.3 Å². The standard InChI is InChI=1S/C14H15N3O/c1-9-6-11(8-16-7-9)17-14(18)12-5-3-4-10(2)13(12)15/h3-8H,15H2,1-2H3,(H,17,18). The van der Waals surface area contributed by atoms with E-state index in [-0.39, 0.29) is 5.91 Å². The largest absolute Gasteiger partial charge is 0.398 e. The molecule has 3 N–H and O–H groups in total. The lowest BCUT2D eigenvalue weighted by molar-refractivity contribution is 0.102. The number of para-hydroxylation sites is 1. The number of carbonyl (C=O) groups is 1. The van der Waals surface area contributed by atoms with Crippen molar-refractivity contribution in [3.63, 3.8) is 0 Å². The summed E-state index contributed by atoms with van der Waals surface area (Å²) in [5.41, 5.74) is 9.44. The first kappa shape index (κ1) is 12.1. The van der Waals surface area contributed by atoms with E-state index in [4.69, 9.17) is 5.73 Å². The second kappa shape index (κ2) is 4.87. The SMILES string of the molecule is Cc1cncc(NC(=O)c2cccc(C)c2N)c1. The van der Waals surface area contributed by atoms with Crippen LogP contribution in [0.4, 0.5) is 11.4 Å². The minimum Gasteiger partial charge on any atom is -0.398 e. The first-order valence-corrected chi connectivity index (χ1v) is 5.66. The summed E-state index contributed by atoms with van der Waals surface area (Å²) in [5.74, 6) is -0.219. The molecule has 0 atom stereocenters. The maximum Gasteiger partial charge on any atom is 0.257 e. The van der Waals surface area contributed by atoms with Gasteiger partial charge in [0.05, 0.1) is 17.4 Å². The number of amides is 1. The van der Waals surface area contributed by atoms with Gasteiger partial charge in [-0.2, -0.15) is 0 Å². The molecule has 4 nitrogen and oxygen atoms in total. The van der Waals surface area contributed by atoms with Gasteiger partial charge in [-0.25, -0.2) is 0 Å². The van der Waals surface area contributed by atoms with Crippen molar-refractivity contribution in [1.29, 1.82) is 0 Å². The number of hydrogen-bond acceptors (Lipinski definition) is 3. The Bertz CT molecular complexity index is 593. The molecule has 0 saturated carbocycles. The number of nitrogen functional groups attached to an aromatic ring is 1. The van der Waals surface area contributed by atoms with Crippen LogP contribution in [0.25, 0.3) is 0 Å². The fourth-order valence-electron chi connectivity index (χ4n) is 1.70. The Balaban J connectivity index is 2.25. The number of aryl methyl sites for hydroxylation is 2. The maximum atomic E-state index is 12.1. The maximum absolute atomic E-state index is 12.1. The van der Waals surface area contributed by atoms with Crippen LogP contribution >= 0.6 is 0 Å². The van der Waals surface area contributed by atoms with Gasteiger partial charge in [0.15, 0.2) is 0 Å². The molecule has 0 radical (unpaired) electrons. The van der Waals surface area contributed by atoms with Gasteiger partial charge >= 0.3 is 0 Å². The van der Waals surface area contributed by atoms with Gasteiger partial charge in [-0.15, -0.1) is 0 Å². The summed E-state index contributed by atoms with van der Waals surface area (Å²) < 4.78 is 0. The molecule has 0 aliphatic heterocycles. The lowest BCUT2D eigenvalue weighted by Gasteiger charge is -2.09. The number of aromatic nitrogens is 1. The summed E-state index contributed by atoms with van der Waals surface area (Å²) >= 11 is 0. The van der Waals surface area contributed by atoms with Gasteiger partial charge in [0.2, 0.25) is 0 Å². The number of anilines is 2. The minimum atomic E-state index is -0.219. The Labute approximate surface area is 106 Å². The minimum absolute atomic E-state index is 0.219. The van der Waals surface area contributed by atoms with Crippen LogP contribution in [0.3, 0.4) is 0 Å². The molecule has 0 aliphatic carbocycles. The van der Waals surface area contributed by atoms with Crippen molar-refractivity contribution in [3.8, 4) is 0 Å². The van der Waals surface area contributed by atoms with E-state index in [0.717, 1.165) is 11.1 Å². The quantitative estimate of drug-likeness (QED) is 0.794. The predicted octanol–water partition coefficient (Wildman–Crippen LogP) is 2.53. The highest BCUT2D eigenvalue weighted by Crippen LogP contribution is 2.18. The van der Waals surface area contributed by atoms with Crippen LogP contribution in [0.2, 0.25) is 0 Å². The Kier molecular flexibility index (Phi) is 3.28. The molecule has 0 spiro atoms. The third kappa shape index (κ3) is 2.48. The number of rotatable bonds is 2. The zero-order chi connectivity index (χ0) is 13.1. The zero-order valence-electron chi connectivity index (χ0n) is 10.4. The molecule has 92 valence electrons. The molecule has 0 bridgehead atoms. The normalized spacial score (nSPS) is 10.1. The van der Waals surface area contributed by atoms with Crippen LogP contribution < -0.4 is 11.1 Å². The molecular formula is C14H15N3O. The van der Waals surface area contributed by atoms with E-state index < -0.39 is 0 Å². The van der Waals surface area contributed by atoms with Crippen molar-refractivity contribution in [1.82, 2.24) is 4.98 Å². The van der Waals surface area contributed by atoms with Crippen LogP contribution in [0.15, 0.2) is 36.7 Å². The van der Waals surface area contributed by atoms with E-state index in [9.17, 15) is 4.79 Å². The number of hydrogen-bond donors (Lipinski definition) is 2. The number of nitrogens with one attached hydrogen (secondary N) is 1. The average molecular weight is 241 g/mol. The smallest absolute Gasteiger partial charge is 0.257 e. The fraction of sp³-hybridized carbons (Fsp3) is 0.143. The first-order chi connectivity index (χ1) is 8.58. The average Bonchev–Trinajstić information content (AvgIpc) is 2.32. The van der Waals surface area contributed by atoms with Gasteiger partial charge in [-0.05, 0) is 37.1 Å². The second-order valence-corrected chi connectivity index (χ2v) is 4.24. The fourth-order valence-corrected chi connectivity index (χ4v) is 1.70. The van der Waals surface area contributed by atoms with Crippen molar-refractivity contribution >= 4 is 17.3 Å². The molecule has 4 heteroatoms. The van der Waals surface area contributed by atoms with Crippen molar-refractivity contribution in [2.24, 2.45) is 0 Å². The van der Waals surface area contributed by atoms with E-state index >= 15 is 0 Å². The lowest BCUT2D eigenvalue weighted by atomic mass is 10.1. The highest BCUT2D eigenvalue weighted by molar-refractivity contribution is 6.08. The second-order valence-electron chi connectivity index (χ2n) is 4.24. The van der Waals surface area contributed by atoms with E-state index in [1.807, 2.05) is 32.0 Å². The first-order valence-electron chi connectivity index (χ1n) is 5.66. The summed E-state index contributed by atoms with van der Waals surface area (Å²) in [7, 11) is 0. The van der Waals surface area contributed by atoms with E-state index in [1.54, 1.807) is 18.5 Å². The Morgan fingerprint density at radius 2 is 2.06 bits per heavy atom. The van der Waals surface area contributed by atoms with Gasteiger partial charge in [-0.1, -0.05) is 12.1 Å². The van der Waals surface area contributed by atoms with Crippen molar-refractivity contribution in [2.75, 3.05) is 11.1 Å². The Morgan fingerprint density at radius 1 is 1.28 bits per heavy atom. The third-order valence-electron chi connectivity index (χ3n) is 2.70. The molecule has 1 amide bonds. The zero-order valence-corrected chi connectivity index (χ0v) is 10.4. The lowest BCUT2D eigenvalue weighted by Crippen LogP contribution is -2.14. The number of nitrogens with two attached hydrogens (primary N) is 1.